The van der Waals surface area contributed by atoms with Gasteiger partial charge in [0.2, 0.25) is 0 Å². The molecule has 1 aliphatic carbocycles. The van der Waals surface area contributed by atoms with Crippen LogP contribution in [0.15, 0.2) is 18.2 Å². The van der Waals surface area contributed by atoms with Crippen molar-refractivity contribution in [3.05, 3.63) is 24.0 Å². The molecule has 1 heterocycles. The Morgan fingerprint density at radius 2 is 2.12 bits per heavy atom. The molecule has 1 saturated heterocycles. The van der Waals surface area contributed by atoms with Crippen molar-refractivity contribution in [2.24, 2.45) is 17.8 Å². The maximum absolute atomic E-state index is 13.0. The standard InChI is InChI=1S/C13H17FN2O/c1-17-7-11-9-5-16(6-10(9)11)13-3-2-8(14)4-12(13)15/h2-4,9-11H,5-7,15H2,1H3/t9-,10?,11-/m0/s1. The Balaban J connectivity index is 1.69. The minimum absolute atomic E-state index is 0.270. The van der Waals surface area contributed by atoms with Gasteiger partial charge in [-0.25, -0.2) is 4.39 Å². The number of nitrogens with zero attached hydrogens (tertiary/aromatic N) is 1. The van der Waals surface area contributed by atoms with E-state index in [9.17, 15) is 4.39 Å². The lowest BCUT2D eigenvalue weighted by molar-refractivity contribution is 0.176. The van der Waals surface area contributed by atoms with Gasteiger partial charge in [0, 0.05) is 26.8 Å². The molecule has 3 rings (SSSR count). The van der Waals surface area contributed by atoms with Crippen LogP contribution in [0.1, 0.15) is 0 Å². The van der Waals surface area contributed by atoms with E-state index in [1.165, 1.54) is 12.1 Å². The van der Waals surface area contributed by atoms with Gasteiger partial charge in [0.1, 0.15) is 5.82 Å². The summed E-state index contributed by atoms with van der Waals surface area (Å²) >= 11 is 0. The number of ether oxygens (including phenoxy) is 1. The fraction of sp³-hybridized carbons (Fsp3) is 0.538. The summed E-state index contributed by atoms with van der Waals surface area (Å²) in [5.41, 5.74) is 7.35. The van der Waals surface area contributed by atoms with Crippen LogP contribution < -0.4 is 10.6 Å². The van der Waals surface area contributed by atoms with Crippen LogP contribution in [0.4, 0.5) is 15.8 Å². The number of piperidine rings is 1. The molecule has 1 aromatic carbocycles. The Labute approximate surface area is 100 Å². The van der Waals surface area contributed by atoms with Crippen LogP contribution in [-0.2, 0) is 4.74 Å². The van der Waals surface area contributed by atoms with Crippen LogP contribution in [0.25, 0.3) is 0 Å². The minimum atomic E-state index is -0.270. The Bertz CT molecular complexity index is 425. The van der Waals surface area contributed by atoms with E-state index in [1.807, 2.05) is 0 Å². The zero-order valence-corrected chi connectivity index (χ0v) is 9.90. The van der Waals surface area contributed by atoms with Gasteiger partial charge >= 0.3 is 0 Å². The fourth-order valence-electron chi connectivity index (χ4n) is 3.10. The highest BCUT2D eigenvalue weighted by atomic mass is 19.1. The summed E-state index contributed by atoms with van der Waals surface area (Å²) in [5, 5.41) is 0. The van der Waals surface area contributed by atoms with Crippen molar-refractivity contribution in [1.82, 2.24) is 0 Å². The van der Waals surface area contributed by atoms with Crippen molar-refractivity contribution in [3.63, 3.8) is 0 Å². The second kappa shape index (κ2) is 3.88. The molecule has 2 fully saturated rings. The van der Waals surface area contributed by atoms with Crippen molar-refractivity contribution >= 4 is 11.4 Å². The van der Waals surface area contributed by atoms with Gasteiger partial charge in [-0.15, -0.1) is 0 Å². The maximum atomic E-state index is 13.0. The summed E-state index contributed by atoms with van der Waals surface area (Å²) in [6, 6.07) is 4.65. The van der Waals surface area contributed by atoms with E-state index in [0.29, 0.717) is 5.69 Å². The topological polar surface area (TPSA) is 38.5 Å². The van der Waals surface area contributed by atoms with Gasteiger partial charge in [-0.2, -0.15) is 0 Å². The van der Waals surface area contributed by atoms with Gasteiger partial charge in [-0.1, -0.05) is 0 Å². The van der Waals surface area contributed by atoms with Crippen molar-refractivity contribution in [1.29, 1.82) is 0 Å². The lowest BCUT2D eigenvalue weighted by Crippen LogP contribution is -2.25. The third-order valence-electron chi connectivity index (χ3n) is 4.06. The quantitative estimate of drug-likeness (QED) is 0.812. The summed E-state index contributed by atoms with van der Waals surface area (Å²) in [5.74, 6) is 1.92. The molecule has 3 nitrogen and oxygen atoms in total. The second-order valence-electron chi connectivity index (χ2n) is 5.06. The Morgan fingerprint density at radius 1 is 1.41 bits per heavy atom. The first-order chi connectivity index (χ1) is 8.20. The number of benzene rings is 1. The van der Waals surface area contributed by atoms with Gasteiger partial charge in [0.15, 0.2) is 0 Å². The van der Waals surface area contributed by atoms with E-state index >= 15 is 0 Å². The summed E-state index contributed by atoms with van der Waals surface area (Å²) in [7, 11) is 1.75. The maximum Gasteiger partial charge on any atom is 0.125 e. The Morgan fingerprint density at radius 3 is 2.71 bits per heavy atom. The summed E-state index contributed by atoms with van der Waals surface area (Å²) in [6.45, 7) is 2.91. The molecule has 1 aromatic rings. The highest BCUT2D eigenvalue weighted by Gasteiger charge is 2.55. The first-order valence-electron chi connectivity index (χ1n) is 5.99. The zero-order valence-electron chi connectivity index (χ0n) is 9.90. The molecule has 1 unspecified atom stereocenters. The number of methoxy groups -OCH3 is 1. The van der Waals surface area contributed by atoms with Gasteiger partial charge < -0.3 is 15.4 Å². The summed E-state index contributed by atoms with van der Waals surface area (Å²) in [4.78, 5) is 2.26. The first kappa shape index (κ1) is 10.8. The number of nitrogens with two attached hydrogens (primary N) is 1. The molecule has 1 aliphatic heterocycles. The van der Waals surface area contributed by atoms with E-state index in [2.05, 4.69) is 4.90 Å². The molecule has 0 bridgehead atoms. The number of halogens is 1. The second-order valence-corrected chi connectivity index (χ2v) is 5.06. The molecule has 92 valence electrons. The largest absolute Gasteiger partial charge is 0.397 e. The van der Waals surface area contributed by atoms with Crippen LogP contribution >= 0.6 is 0 Å². The molecule has 3 atom stereocenters. The van der Waals surface area contributed by atoms with Crippen LogP contribution in [0.5, 0.6) is 0 Å². The molecular formula is C13H17FN2O. The van der Waals surface area contributed by atoms with Gasteiger partial charge in [-0.3, -0.25) is 0 Å². The number of hydrogen-bond acceptors (Lipinski definition) is 3. The monoisotopic (exact) mass is 236 g/mol. The normalized spacial score (nSPS) is 30.5. The number of hydrogen-bond donors (Lipinski definition) is 1. The molecule has 0 amide bonds. The molecule has 1 saturated carbocycles. The highest BCUT2D eigenvalue weighted by molar-refractivity contribution is 5.68. The number of rotatable bonds is 3. The SMILES string of the molecule is COC[C@@H]1C2CN(c3ccc(F)cc3N)C[C@@H]21. The average Bonchev–Trinajstić information content (AvgIpc) is 2.73. The van der Waals surface area contributed by atoms with E-state index in [0.717, 1.165) is 43.1 Å². The Hall–Kier alpha value is -1.29. The average molecular weight is 236 g/mol. The lowest BCUT2D eigenvalue weighted by Gasteiger charge is -2.23. The van der Waals surface area contributed by atoms with Crippen molar-refractivity contribution in [3.8, 4) is 0 Å². The van der Waals surface area contributed by atoms with Crippen LogP contribution in [0.3, 0.4) is 0 Å². The van der Waals surface area contributed by atoms with E-state index in [1.54, 1.807) is 13.2 Å². The summed E-state index contributed by atoms with van der Waals surface area (Å²) in [6.07, 6.45) is 0. The van der Waals surface area contributed by atoms with Crippen molar-refractivity contribution < 1.29 is 9.13 Å². The fourth-order valence-corrected chi connectivity index (χ4v) is 3.10. The predicted octanol–water partition coefficient (Wildman–Crippen LogP) is 1.74. The molecule has 2 aliphatic rings. The van der Waals surface area contributed by atoms with Gasteiger partial charge in [0.05, 0.1) is 11.4 Å². The summed E-state index contributed by atoms with van der Waals surface area (Å²) < 4.78 is 18.2. The number of nitrogen functional groups attached to an aromatic ring is 1. The highest BCUT2D eigenvalue weighted by Crippen LogP contribution is 2.53. The van der Waals surface area contributed by atoms with Gasteiger partial charge in [0.25, 0.3) is 0 Å². The predicted molar refractivity (Wildman–Crippen MR) is 65.4 cm³/mol. The molecule has 0 spiro atoms. The van der Waals surface area contributed by atoms with Crippen molar-refractivity contribution in [2.75, 3.05) is 37.4 Å². The van der Waals surface area contributed by atoms with Crippen LogP contribution in [-0.4, -0.2) is 26.8 Å². The molecule has 17 heavy (non-hydrogen) atoms. The molecule has 4 heteroatoms. The third kappa shape index (κ3) is 1.76. The smallest absolute Gasteiger partial charge is 0.125 e. The van der Waals surface area contributed by atoms with Crippen molar-refractivity contribution in [2.45, 2.75) is 0 Å². The van der Waals surface area contributed by atoms with E-state index in [-0.39, 0.29) is 5.82 Å². The number of anilines is 2. The molecular weight excluding hydrogens is 219 g/mol. The first-order valence-corrected chi connectivity index (χ1v) is 5.99. The Kier molecular flexibility index (Phi) is 2.47. The van der Waals surface area contributed by atoms with Gasteiger partial charge in [-0.05, 0) is 36.0 Å². The molecule has 0 radical (unpaired) electrons. The number of fused-ring (bicyclic) bond motifs is 1. The van der Waals surface area contributed by atoms with E-state index in [4.69, 9.17) is 10.5 Å². The van der Waals surface area contributed by atoms with Crippen LogP contribution in [0, 0.1) is 23.6 Å². The lowest BCUT2D eigenvalue weighted by atomic mass is 10.2. The zero-order chi connectivity index (χ0) is 12.0. The molecule has 0 aromatic heterocycles. The third-order valence-corrected chi connectivity index (χ3v) is 4.06. The van der Waals surface area contributed by atoms with E-state index < -0.39 is 0 Å². The molecule has 2 N–H and O–H groups in total. The van der Waals surface area contributed by atoms with Crippen LogP contribution in [0.2, 0.25) is 0 Å². The minimum Gasteiger partial charge on any atom is -0.397 e.